The molecule has 4 nitrogen and oxygen atoms in total. The predicted octanol–water partition coefficient (Wildman–Crippen LogP) is 0.0308. The minimum atomic E-state index is 0.679. The van der Waals surface area contributed by atoms with Crippen LogP contribution in [-0.2, 0) is 20.0 Å². The van der Waals surface area contributed by atoms with Crippen LogP contribution in [0.25, 0.3) is 0 Å². The predicted molar refractivity (Wildman–Crippen MR) is 53.3 cm³/mol. The average molecular weight is 182 g/mol. The molecule has 0 aliphatic carbocycles. The Bertz CT molecular complexity index is 254. The first-order valence-electron chi connectivity index (χ1n) is 4.70. The van der Waals surface area contributed by atoms with E-state index in [1.54, 1.807) is 0 Å². The molecular weight excluding hydrogens is 164 g/mol. The van der Waals surface area contributed by atoms with Crippen molar-refractivity contribution in [2.45, 2.75) is 19.9 Å². The van der Waals surface area contributed by atoms with Crippen LogP contribution < -0.4 is 11.1 Å². The van der Waals surface area contributed by atoms with Gasteiger partial charge in [0.2, 0.25) is 0 Å². The fraction of sp³-hybridized carbons (Fsp3) is 0.667. The highest BCUT2D eigenvalue weighted by Gasteiger charge is 2.01. The summed E-state index contributed by atoms with van der Waals surface area (Å²) >= 11 is 0. The maximum Gasteiger partial charge on any atom is 0.0625 e. The first-order chi connectivity index (χ1) is 6.27. The van der Waals surface area contributed by atoms with Crippen molar-refractivity contribution in [1.82, 2.24) is 15.1 Å². The summed E-state index contributed by atoms with van der Waals surface area (Å²) in [7, 11) is 1.97. The van der Waals surface area contributed by atoms with Crippen molar-refractivity contribution in [2.24, 2.45) is 12.8 Å². The number of aromatic nitrogens is 2. The zero-order valence-electron chi connectivity index (χ0n) is 8.38. The SMILES string of the molecule is CCc1cc(CNCCN)n(C)n1. The van der Waals surface area contributed by atoms with Gasteiger partial charge in [-0.25, -0.2) is 0 Å². The van der Waals surface area contributed by atoms with E-state index in [-0.39, 0.29) is 0 Å². The smallest absolute Gasteiger partial charge is 0.0625 e. The van der Waals surface area contributed by atoms with E-state index < -0.39 is 0 Å². The summed E-state index contributed by atoms with van der Waals surface area (Å²) in [6.45, 7) is 4.49. The molecule has 0 bridgehead atoms. The van der Waals surface area contributed by atoms with Gasteiger partial charge in [0.25, 0.3) is 0 Å². The van der Waals surface area contributed by atoms with E-state index in [0.717, 1.165) is 25.2 Å². The van der Waals surface area contributed by atoms with Crippen molar-refractivity contribution in [1.29, 1.82) is 0 Å². The Morgan fingerprint density at radius 2 is 2.38 bits per heavy atom. The summed E-state index contributed by atoms with van der Waals surface area (Å²) in [5, 5.41) is 7.60. The molecule has 0 unspecified atom stereocenters. The van der Waals surface area contributed by atoms with Crippen molar-refractivity contribution in [3.8, 4) is 0 Å². The standard InChI is InChI=1S/C9H18N4/c1-3-8-6-9(13(2)12-8)7-11-5-4-10/h6,11H,3-5,7,10H2,1-2H3. The Kier molecular flexibility index (Phi) is 3.92. The van der Waals surface area contributed by atoms with Crippen LogP contribution in [0, 0.1) is 0 Å². The minimum Gasteiger partial charge on any atom is -0.329 e. The van der Waals surface area contributed by atoms with Gasteiger partial charge in [-0.15, -0.1) is 0 Å². The van der Waals surface area contributed by atoms with Crippen molar-refractivity contribution >= 4 is 0 Å². The van der Waals surface area contributed by atoms with Gasteiger partial charge >= 0.3 is 0 Å². The molecule has 1 heterocycles. The largest absolute Gasteiger partial charge is 0.329 e. The fourth-order valence-electron chi connectivity index (χ4n) is 1.23. The third kappa shape index (κ3) is 2.82. The van der Waals surface area contributed by atoms with Gasteiger partial charge in [-0.05, 0) is 12.5 Å². The molecule has 0 aliphatic rings. The molecule has 3 N–H and O–H groups in total. The number of hydrogen-bond acceptors (Lipinski definition) is 3. The molecule has 1 rings (SSSR count). The third-order valence-corrected chi connectivity index (χ3v) is 2.02. The molecule has 0 aliphatic heterocycles. The van der Waals surface area contributed by atoms with Gasteiger partial charge in [0.05, 0.1) is 11.4 Å². The maximum absolute atomic E-state index is 5.38. The van der Waals surface area contributed by atoms with E-state index in [1.807, 2.05) is 11.7 Å². The van der Waals surface area contributed by atoms with Crippen LogP contribution in [-0.4, -0.2) is 22.9 Å². The molecule has 0 radical (unpaired) electrons. The summed E-state index contributed by atoms with van der Waals surface area (Å²) in [6.07, 6.45) is 0.991. The third-order valence-electron chi connectivity index (χ3n) is 2.02. The quantitative estimate of drug-likeness (QED) is 0.632. The first kappa shape index (κ1) is 10.2. The number of aryl methyl sites for hydroxylation is 2. The number of nitrogens with one attached hydrogen (secondary N) is 1. The average Bonchev–Trinajstić information content (AvgIpc) is 2.48. The molecular formula is C9H18N4. The lowest BCUT2D eigenvalue weighted by atomic mass is 10.3. The molecule has 0 aromatic carbocycles. The van der Waals surface area contributed by atoms with Crippen molar-refractivity contribution in [3.63, 3.8) is 0 Å². The summed E-state index contributed by atoms with van der Waals surface area (Å²) < 4.78 is 1.92. The lowest BCUT2D eigenvalue weighted by Crippen LogP contribution is -2.22. The van der Waals surface area contributed by atoms with Gasteiger partial charge in [-0.3, -0.25) is 4.68 Å². The van der Waals surface area contributed by atoms with E-state index in [0.29, 0.717) is 6.54 Å². The summed E-state index contributed by atoms with van der Waals surface area (Å²) in [5.41, 5.74) is 7.74. The van der Waals surface area contributed by atoms with Crippen LogP contribution in [0.3, 0.4) is 0 Å². The molecule has 0 atom stereocenters. The molecule has 1 aromatic heterocycles. The van der Waals surface area contributed by atoms with Crippen LogP contribution in [0.4, 0.5) is 0 Å². The summed E-state index contributed by atoms with van der Waals surface area (Å²) in [4.78, 5) is 0. The van der Waals surface area contributed by atoms with Crippen LogP contribution >= 0.6 is 0 Å². The molecule has 74 valence electrons. The topological polar surface area (TPSA) is 55.9 Å². The molecule has 1 aromatic rings. The Labute approximate surface area is 79.1 Å². The van der Waals surface area contributed by atoms with Crippen molar-refractivity contribution < 1.29 is 0 Å². The molecule has 13 heavy (non-hydrogen) atoms. The molecule has 0 fully saturated rings. The van der Waals surface area contributed by atoms with Crippen molar-refractivity contribution in [2.75, 3.05) is 13.1 Å². The Hall–Kier alpha value is -0.870. The number of hydrogen-bond donors (Lipinski definition) is 2. The van der Waals surface area contributed by atoms with Gasteiger partial charge in [0.15, 0.2) is 0 Å². The molecule has 4 heteroatoms. The van der Waals surface area contributed by atoms with E-state index >= 15 is 0 Å². The second-order valence-corrected chi connectivity index (χ2v) is 3.07. The van der Waals surface area contributed by atoms with Gasteiger partial charge in [0.1, 0.15) is 0 Å². The van der Waals surface area contributed by atoms with E-state index in [2.05, 4.69) is 23.4 Å². The van der Waals surface area contributed by atoms with Gasteiger partial charge in [0, 0.05) is 26.7 Å². The van der Waals surface area contributed by atoms with Crippen LogP contribution in [0.5, 0.6) is 0 Å². The van der Waals surface area contributed by atoms with Crippen LogP contribution in [0.15, 0.2) is 6.07 Å². The zero-order valence-corrected chi connectivity index (χ0v) is 8.38. The van der Waals surface area contributed by atoms with Gasteiger partial charge < -0.3 is 11.1 Å². The van der Waals surface area contributed by atoms with Crippen LogP contribution in [0.1, 0.15) is 18.3 Å². The summed E-state index contributed by atoms with van der Waals surface area (Å²) in [5.74, 6) is 0. The number of nitrogens with zero attached hydrogens (tertiary/aromatic N) is 2. The zero-order chi connectivity index (χ0) is 9.68. The monoisotopic (exact) mass is 182 g/mol. The molecule has 0 saturated carbocycles. The van der Waals surface area contributed by atoms with Crippen molar-refractivity contribution in [3.05, 3.63) is 17.5 Å². The molecule has 0 saturated heterocycles. The fourth-order valence-corrected chi connectivity index (χ4v) is 1.23. The Morgan fingerprint density at radius 1 is 1.62 bits per heavy atom. The first-order valence-corrected chi connectivity index (χ1v) is 4.70. The highest BCUT2D eigenvalue weighted by atomic mass is 15.3. The molecule has 0 amide bonds. The van der Waals surface area contributed by atoms with Gasteiger partial charge in [-0.2, -0.15) is 5.10 Å². The lowest BCUT2D eigenvalue weighted by molar-refractivity contribution is 0.627. The summed E-state index contributed by atoms with van der Waals surface area (Å²) in [6, 6.07) is 2.13. The highest BCUT2D eigenvalue weighted by Crippen LogP contribution is 2.02. The number of nitrogens with two attached hydrogens (primary N) is 1. The second kappa shape index (κ2) is 4.99. The second-order valence-electron chi connectivity index (χ2n) is 3.07. The Morgan fingerprint density at radius 3 is 2.92 bits per heavy atom. The van der Waals surface area contributed by atoms with Gasteiger partial charge in [-0.1, -0.05) is 6.92 Å². The Balaban J connectivity index is 2.50. The van der Waals surface area contributed by atoms with E-state index in [9.17, 15) is 0 Å². The highest BCUT2D eigenvalue weighted by molar-refractivity contribution is 5.09. The molecule has 0 spiro atoms. The van der Waals surface area contributed by atoms with Crippen LogP contribution in [0.2, 0.25) is 0 Å². The maximum atomic E-state index is 5.38. The van der Waals surface area contributed by atoms with E-state index in [1.165, 1.54) is 5.69 Å². The number of rotatable bonds is 5. The van der Waals surface area contributed by atoms with E-state index in [4.69, 9.17) is 5.73 Å². The normalized spacial score (nSPS) is 10.7. The minimum absolute atomic E-state index is 0.679. The lowest BCUT2D eigenvalue weighted by Gasteiger charge is -2.02.